The van der Waals surface area contributed by atoms with E-state index in [1.807, 2.05) is 17.5 Å². The number of aromatic amines is 1. The molecule has 124 valence electrons. The van der Waals surface area contributed by atoms with E-state index in [0.29, 0.717) is 6.54 Å². The molecule has 0 aliphatic heterocycles. The van der Waals surface area contributed by atoms with Gasteiger partial charge >= 0.3 is 0 Å². The van der Waals surface area contributed by atoms with Crippen LogP contribution in [0.4, 0.5) is 0 Å². The van der Waals surface area contributed by atoms with E-state index < -0.39 is 0 Å². The number of nitrogens with one attached hydrogen (secondary N) is 2. The van der Waals surface area contributed by atoms with Crippen molar-refractivity contribution in [2.24, 2.45) is 5.41 Å². The van der Waals surface area contributed by atoms with E-state index in [-0.39, 0.29) is 22.2 Å². The van der Waals surface area contributed by atoms with Crippen molar-refractivity contribution in [3.8, 4) is 0 Å². The number of thiophene rings is 1. The first kappa shape index (κ1) is 16.2. The predicted molar refractivity (Wildman–Crippen MR) is 93.5 cm³/mol. The standard InChI is InChI=1S/C18H25N3OS/c1-16(2,3)13-9-12(20-21-13)10-19-15(22)18(11-17(18,4)5)14-7-6-8-23-14/h6-9H,10-11H2,1-5H3,(H,19,22)(H,20,21). The fraction of sp³-hybridized carbons (Fsp3) is 0.556. The van der Waals surface area contributed by atoms with Crippen molar-refractivity contribution in [1.82, 2.24) is 15.5 Å². The minimum atomic E-state index is -0.367. The highest BCUT2D eigenvalue weighted by Gasteiger charge is 2.67. The first-order valence-corrected chi connectivity index (χ1v) is 8.92. The number of rotatable bonds is 4. The van der Waals surface area contributed by atoms with Crippen molar-refractivity contribution in [3.05, 3.63) is 39.8 Å². The van der Waals surface area contributed by atoms with Crippen molar-refractivity contribution in [2.75, 3.05) is 0 Å². The zero-order valence-corrected chi connectivity index (χ0v) is 15.3. The Labute approximate surface area is 141 Å². The van der Waals surface area contributed by atoms with Gasteiger partial charge in [-0.15, -0.1) is 11.3 Å². The highest BCUT2D eigenvalue weighted by atomic mass is 32.1. The number of amides is 1. The largest absolute Gasteiger partial charge is 0.350 e. The molecule has 5 heteroatoms. The summed E-state index contributed by atoms with van der Waals surface area (Å²) in [6.07, 6.45) is 0.905. The molecule has 1 saturated carbocycles. The Hall–Kier alpha value is -1.62. The molecule has 23 heavy (non-hydrogen) atoms. The van der Waals surface area contributed by atoms with E-state index in [9.17, 15) is 4.79 Å². The molecule has 2 heterocycles. The third-order valence-corrected chi connectivity index (χ3v) is 5.94. The number of carbonyl (C=O) groups excluding carboxylic acids is 1. The molecule has 0 bridgehead atoms. The maximum Gasteiger partial charge on any atom is 0.232 e. The highest BCUT2D eigenvalue weighted by molar-refractivity contribution is 7.10. The normalized spacial score (nSPS) is 22.8. The van der Waals surface area contributed by atoms with Gasteiger partial charge in [-0.05, 0) is 29.3 Å². The van der Waals surface area contributed by atoms with E-state index in [1.165, 1.54) is 4.88 Å². The van der Waals surface area contributed by atoms with Gasteiger partial charge in [0.15, 0.2) is 0 Å². The Morgan fingerprint density at radius 3 is 2.61 bits per heavy atom. The molecule has 1 unspecified atom stereocenters. The van der Waals surface area contributed by atoms with Crippen LogP contribution in [-0.2, 0) is 22.2 Å². The van der Waals surface area contributed by atoms with Gasteiger partial charge in [0, 0.05) is 10.3 Å². The Morgan fingerprint density at radius 2 is 2.13 bits per heavy atom. The van der Waals surface area contributed by atoms with E-state index >= 15 is 0 Å². The van der Waals surface area contributed by atoms with Gasteiger partial charge in [-0.2, -0.15) is 5.10 Å². The van der Waals surface area contributed by atoms with Gasteiger partial charge in [0.05, 0.1) is 23.3 Å². The molecule has 1 fully saturated rings. The lowest BCUT2D eigenvalue weighted by Gasteiger charge is -2.18. The van der Waals surface area contributed by atoms with Crippen LogP contribution >= 0.6 is 11.3 Å². The SMILES string of the molecule is CC(C)(C)c1cc(CNC(=O)C2(c3cccs3)CC2(C)C)[nH]n1. The number of H-pyrrole nitrogens is 1. The molecule has 2 N–H and O–H groups in total. The smallest absolute Gasteiger partial charge is 0.232 e. The van der Waals surface area contributed by atoms with Crippen LogP contribution in [0.15, 0.2) is 23.6 Å². The topological polar surface area (TPSA) is 57.8 Å². The predicted octanol–water partition coefficient (Wildman–Crippen LogP) is 3.75. The maximum absolute atomic E-state index is 12.9. The summed E-state index contributed by atoms with van der Waals surface area (Å²) >= 11 is 1.67. The van der Waals surface area contributed by atoms with Gasteiger partial charge in [-0.1, -0.05) is 40.7 Å². The van der Waals surface area contributed by atoms with Crippen LogP contribution in [0.1, 0.15) is 57.3 Å². The average molecular weight is 331 g/mol. The average Bonchev–Trinajstić information content (AvgIpc) is 2.93. The molecule has 3 rings (SSSR count). The molecule has 0 saturated heterocycles. The second-order valence-corrected chi connectivity index (χ2v) is 9.10. The fourth-order valence-corrected chi connectivity index (χ4v) is 4.33. The van der Waals surface area contributed by atoms with Crippen molar-refractivity contribution in [3.63, 3.8) is 0 Å². The third-order valence-electron chi connectivity index (χ3n) is 4.91. The lowest BCUT2D eigenvalue weighted by molar-refractivity contribution is -0.124. The van der Waals surface area contributed by atoms with Crippen molar-refractivity contribution >= 4 is 17.2 Å². The fourth-order valence-electron chi connectivity index (χ4n) is 3.22. The molecule has 4 nitrogen and oxygen atoms in total. The lowest BCUT2D eigenvalue weighted by atomic mass is 9.92. The summed E-state index contributed by atoms with van der Waals surface area (Å²) < 4.78 is 0. The molecule has 1 aliphatic carbocycles. The van der Waals surface area contributed by atoms with Crippen LogP contribution in [0.25, 0.3) is 0 Å². The monoisotopic (exact) mass is 331 g/mol. The summed E-state index contributed by atoms with van der Waals surface area (Å²) in [4.78, 5) is 14.0. The molecular formula is C18H25N3OS. The Morgan fingerprint density at radius 1 is 1.43 bits per heavy atom. The number of hydrogen-bond donors (Lipinski definition) is 2. The minimum absolute atomic E-state index is 0.00936. The van der Waals surface area contributed by atoms with Crippen molar-refractivity contribution < 1.29 is 4.79 Å². The van der Waals surface area contributed by atoms with Gasteiger partial charge < -0.3 is 5.32 Å². The number of aromatic nitrogens is 2. The second kappa shape index (κ2) is 5.20. The Balaban J connectivity index is 1.71. The molecule has 1 atom stereocenters. The molecule has 1 amide bonds. The molecule has 1 aliphatic rings. The number of carbonyl (C=O) groups is 1. The lowest BCUT2D eigenvalue weighted by Crippen LogP contribution is -2.37. The van der Waals surface area contributed by atoms with E-state index in [0.717, 1.165) is 17.8 Å². The minimum Gasteiger partial charge on any atom is -0.350 e. The Kier molecular flexibility index (Phi) is 3.67. The van der Waals surface area contributed by atoms with Crippen LogP contribution in [0, 0.1) is 5.41 Å². The second-order valence-electron chi connectivity index (χ2n) is 8.15. The van der Waals surface area contributed by atoms with Gasteiger partial charge in [-0.25, -0.2) is 0 Å². The first-order chi connectivity index (χ1) is 10.7. The molecule has 0 radical (unpaired) electrons. The molecule has 0 aromatic carbocycles. The summed E-state index contributed by atoms with van der Waals surface area (Å²) in [7, 11) is 0. The zero-order chi connectivity index (χ0) is 16.9. The molecular weight excluding hydrogens is 306 g/mol. The zero-order valence-electron chi connectivity index (χ0n) is 14.5. The summed E-state index contributed by atoms with van der Waals surface area (Å²) in [5.41, 5.74) is 1.63. The first-order valence-electron chi connectivity index (χ1n) is 8.04. The number of nitrogens with zero attached hydrogens (tertiary/aromatic N) is 1. The highest BCUT2D eigenvalue weighted by Crippen LogP contribution is 2.65. The summed E-state index contributed by atoms with van der Waals surface area (Å²) in [6.45, 7) is 11.2. The van der Waals surface area contributed by atoms with Gasteiger partial charge in [0.1, 0.15) is 0 Å². The quantitative estimate of drug-likeness (QED) is 0.896. The maximum atomic E-state index is 12.9. The summed E-state index contributed by atoms with van der Waals surface area (Å²) in [6, 6.07) is 6.14. The molecule has 0 spiro atoms. The van der Waals surface area contributed by atoms with E-state index in [2.05, 4.69) is 56.2 Å². The number of hydrogen-bond acceptors (Lipinski definition) is 3. The van der Waals surface area contributed by atoms with E-state index in [1.54, 1.807) is 11.3 Å². The van der Waals surface area contributed by atoms with Crippen molar-refractivity contribution in [1.29, 1.82) is 0 Å². The van der Waals surface area contributed by atoms with Crippen LogP contribution in [0.2, 0.25) is 0 Å². The summed E-state index contributed by atoms with van der Waals surface area (Å²) in [5.74, 6) is 0.122. The molecule has 2 aromatic heterocycles. The van der Waals surface area contributed by atoms with Crippen LogP contribution in [0.3, 0.4) is 0 Å². The van der Waals surface area contributed by atoms with Crippen molar-refractivity contribution in [2.45, 2.75) is 58.4 Å². The van der Waals surface area contributed by atoms with Gasteiger partial charge in [-0.3, -0.25) is 9.89 Å². The van der Waals surface area contributed by atoms with Gasteiger partial charge in [0.25, 0.3) is 0 Å². The van der Waals surface area contributed by atoms with Crippen LogP contribution in [-0.4, -0.2) is 16.1 Å². The van der Waals surface area contributed by atoms with Crippen LogP contribution < -0.4 is 5.32 Å². The summed E-state index contributed by atoms with van der Waals surface area (Å²) in [5, 5.41) is 12.5. The Bertz CT molecular complexity index is 709. The van der Waals surface area contributed by atoms with E-state index in [4.69, 9.17) is 0 Å². The van der Waals surface area contributed by atoms with Crippen LogP contribution in [0.5, 0.6) is 0 Å². The van der Waals surface area contributed by atoms with Gasteiger partial charge in [0.2, 0.25) is 5.91 Å². The molecule has 2 aromatic rings. The third kappa shape index (κ3) is 2.71.